The van der Waals surface area contributed by atoms with E-state index in [1.165, 1.54) is 0 Å². The van der Waals surface area contributed by atoms with Crippen LogP contribution in [0, 0.1) is 12.8 Å². The number of aromatic nitrogens is 3. The molecule has 2 aromatic rings. The van der Waals surface area contributed by atoms with Crippen LogP contribution in [0.25, 0.3) is 0 Å². The second-order valence-corrected chi connectivity index (χ2v) is 7.30. The van der Waals surface area contributed by atoms with Crippen molar-refractivity contribution in [2.24, 2.45) is 5.92 Å². The molecular weight excluding hydrogens is 316 g/mol. The predicted octanol–water partition coefficient (Wildman–Crippen LogP) is 2.02. The normalized spacial score (nSPS) is 21.9. The second-order valence-electron chi connectivity index (χ2n) is 7.30. The zero-order chi connectivity index (χ0) is 17.6. The van der Waals surface area contributed by atoms with Crippen LogP contribution in [-0.2, 0) is 13.1 Å². The first-order valence-corrected chi connectivity index (χ1v) is 9.10. The lowest BCUT2D eigenvalue weighted by molar-refractivity contribution is 0.0593. The maximum absolute atomic E-state index is 13.1. The first-order valence-electron chi connectivity index (χ1n) is 9.10. The minimum Gasteiger partial charge on any atom is -0.338 e. The minimum atomic E-state index is 0.0706. The van der Waals surface area contributed by atoms with Gasteiger partial charge < -0.3 is 9.47 Å². The molecule has 6 nitrogen and oxygen atoms in total. The fraction of sp³-hybridized carbons (Fsp3) is 0.526. The van der Waals surface area contributed by atoms with E-state index in [0.717, 1.165) is 30.8 Å². The van der Waals surface area contributed by atoms with Crippen LogP contribution >= 0.6 is 0 Å². The Labute approximate surface area is 147 Å². The van der Waals surface area contributed by atoms with Gasteiger partial charge >= 0.3 is 0 Å². The lowest BCUT2D eigenvalue weighted by atomic mass is 9.83. The summed E-state index contributed by atoms with van der Waals surface area (Å²) in [5.41, 5.74) is 2.65. The van der Waals surface area contributed by atoms with Crippen molar-refractivity contribution in [1.82, 2.24) is 19.2 Å². The number of piperidine rings is 1. The third kappa shape index (κ3) is 2.79. The molecule has 4 heterocycles. The van der Waals surface area contributed by atoms with Crippen molar-refractivity contribution >= 4 is 5.91 Å². The van der Waals surface area contributed by atoms with Gasteiger partial charge in [-0.15, -0.1) is 0 Å². The summed E-state index contributed by atoms with van der Waals surface area (Å²) in [6.07, 6.45) is 3.93. The third-order valence-electron chi connectivity index (χ3n) is 5.40. The molecular formula is C19H24N4O2. The van der Waals surface area contributed by atoms with Crippen molar-refractivity contribution in [2.75, 3.05) is 13.1 Å². The molecule has 0 spiro atoms. The fourth-order valence-corrected chi connectivity index (χ4v) is 4.30. The molecule has 2 atom stereocenters. The van der Waals surface area contributed by atoms with Crippen LogP contribution in [0.3, 0.4) is 0 Å². The van der Waals surface area contributed by atoms with Gasteiger partial charge in [-0.3, -0.25) is 14.3 Å². The van der Waals surface area contributed by atoms with Gasteiger partial charge in [0, 0.05) is 50.1 Å². The van der Waals surface area contributed by atoms with Crippen LogP contribution in [0.4, 0.5) is 0 Å². The van der Waals surface area contributed by atoms with Crippen molar-refractivity contribution in [3.8, 4) is 0 Å². The maximum Gasteiger partial charge on any atom is 0.257 e. The van der Waals surface area contributed by atoms with Crippen LogP contribution in [0.2, 0.25) is 0 Å². The summed E-state index contributed by atoms with van der Waals surface area (Å²) in [5, 5.41) is 4.46. The van der Waals surface area contributed by atoms with E-state index in [0.29, 0.717) is 31.1 Å². The summed E-state index contributed by atoms with van der Waals surface area (Å²) in [4.78, 5) is 27.1. The lowest BCUT2D eigenvalue weighted by Gasteiger charge is -2.42. The van der Waals surface area contributed by atoms with E-state index in [4.69, 9.17) is 0 Å². The molecule has 0 saturated carbocycles. The van der Waals surface area contributed by atoms with E-state index in [1.54, 1.807) is 6.07 Å². The minimum absolute atomic E-state index is 0.0706. The predicted molar refractivity (Wildman–Crippen MR) is 94.7 cm³/mol. The fourth-order valence-electron chi connectivity index (χ4n) is 4.30. The van der Waals surface area contributed by atoms with Crippen LogP contribution < -0.4 is 5.56 Å². The maximum atomic E-state index is 13.1. The van der Waals surface area contributed by atoms with Gasteiger partial charge in [0.15, 0.2) is 0 Å². The van der Waals surface area contributed by atoms with Gasteiger partial charge in [-0.1, -0.05) is 13.0 Å². The number of nitrogens with zero attached hydrogens (tertiary/aromatic N) is 4. The van der Waals surface area contributed by atoms with E-state index >= 15 is 0 Å². The molecule has 6 heteroatoms. The van der Waals surface area contributed by atoms with Gasteiger partial charge in [0.1, 0.15) is 0 Å². The summed E-state index contributed by atoms with van der Waals surface area (Å²) in [6, 6.07) is 5.48. The van der Waals surface area contributed by atoms with Gasteiger partial charge in [0.05, 0.1) is 11.3 Å². The van der Waals surface area contributed by atoms with Gasteiger partial charge in [-0.2, -0.15) is 5.10 Å². The number of aryl methyl sites for hydroxylation is 2. The highest BCUT2D eigenvalue weighted by molar-refractivity contribution is 5.95. The Morgan fingerprint density at radius 2 is 2.12 bits per heavy atom. The zero-order valence-corrected chi connectivity index (χ0v) is 14.8. The average molecular weight is 340 g/mol. The smallest absolute Gasteiger partial charge is 0.257 e. The van der Waals surface area contributed by atoms with Crippen LogP contribution in [0.1, 0.15) is 47.4 Å². The highest BCUT2D eigenvalue weighted by Gasteiger charge is 2.37. The van der Waals surface area contributed by atoms with E-state index in [-0.39, 0.29) is 17.4 Å². The molecule has 1 saturated heterocycles. The molecule has 0 radical (unpaired) electrons. The Hall–Kier alpha value is -2.37. The van der Waals surface area contributed by atoms with E-state index in [2.05, 4.69) is 12.0 Å². The molecule has 132 valence electrons. The molecule has 4 rings (SSSR count). The topological polar surface area (TPSA) is 60.1 Å². The Morgan fingerprint density at radius 3 is 2.92 bits per heavy atom. The zero-order valence-electron chi connectivity index (χ0n) is 14.8. The van der Waals surface area contributed by atoms with E-state index in [9.17, 15) is 9.59 Å². The summed E-state index contributed by atoms with van der Waals surface area (Å²) < 4.78 is 3.76. The van der Waals surface area contributed by atoms with E-state index in [1.807, 2.05) is 39.4 Å². The SMILES string of the molecule is CCCn1cc(C(=O)N2C[C@@H]3C[C@@H](C2)c2cccc(=O)n2C3)c(C)n1. The average Bonchev–Trinajstić information content (AvgIpc) is 2.96. The summed E-state index contributed by atoms with van der Waals surface area (Å²) in [6.45, 7) is 6.94. The highest BCUT2D eigenvalue weighted by atomic mass is 16.2. The Bertz CT molecular complexity index is 867. The number of hydrogen-bond acceptors (Lipinski definition) is 3. The molecule has 2 bridgehead atoms. The summed E-state index contributed by atoms with van der Waals surface area (Å²) in [7, 11) is 0. The number of carbonyl (C=O) groups excluding carboxylic acids is 1. The van der Waals surface area contributed by atoms with Crippen LogP contribution in [-0.4, -0.2) is 38.2 Å². The van der Waals surface area contributed by atoms with Gasteiger partial charge in [0.25, 0.3) is 11.5 Å². The van der Waals surface area contributed by atoms with Crippen LogP contribution in [0.15, 0.2) is 29.2 Å². The largest absolute Gasteiger partial charge is 0.338 e. The molecule has 2 aliphatic heterocycles. The summed E-state index contributed by atoms with van der Waals surface area (Å²) in [5.74, 6) is 0.666. The monoisotopic (exact) mass is 340 g/mol. The second kappa shape index (κ2) is 6.17. The molecule has 2 aromatic heterocycles. The first kappa shape index (κ1) is 16.1. The van der Waals surface area contributed by atoms with Crippen molar-refractivity contribution in [3.63, 3.8) is 0 Å². The number of hydrogen-bond donors (Lipinski definition) is 0. The quantitative estimate of drug-likeness (QED) is 0.859. The standard InChI is InChI=1S/C19H24N4O2/c1-3-7-22-12-16(13(2)20-22)19(25)21-9-14-8-15(11-21)17-5-4-6-18(24)23(17)10-14/h4-6,12,14-15H,3,7-11H2,1-2H3/t14-,15-/m0/s1. The van der Waals surface area contributed by atoms with Crippen molar-refractivity contribution < 1.29 is 4.79 Å². The molecule has 0 aromatic carbocycles. The molecule has 25 heavy (non-hydrogen) atoms. The molecule has 0 unspecified atom stereocenters. The number of likely N-dealkylation sites (tertiary alicyclic amines) is 1. The Balaban J connectivity index is 1.60. The number of carbonyl (C=O) groups is 1. The number of fused-ring (bicyclic) bond motifs is 4. The van der Waals surface area contributed by atoms with Gasteiger partial charge in [-0.25, -0.2) is 0 Å². The molecule has 1 fully saturated rings. The molecule has 1 amide bonds. The molecule has 0 aliphatic carbocycles. The number of rotatable bonds is 3. The van der Waals surface area contributed by atoms with Crippen LogP contribution in [0.5, 0.6) is 0 Å². The number of pyridine rings is 1. The highest BCUT2D eigenvalue weighted by Crippen LogP contribution is 2.35. The Kier molecular flexibility index (Phi) is 3.98. The number of amides is 1. The van der Waals surface area contributed by atoms with Crippen molar-refractivity contribution in [3.05, 3.63) is 51.7 Å². The first-order chi connectivity index (χ1) is 12.1. The summed E-state index contributed by atoms with van der Waals surface area (Å²) >= 11 is 0. The van der Waals surface area contributed by atoms with E-state index < -0.39 is 0 Å². The molecule has 0 N–H and O–H groups in total. The lowest BCUT2D eigenvalue weighted by Crippen LogP contribution is -2.49. The van der Waals surface area contributed by atoms with Gasteiger partial charge in [0.2, 0.25) is 0 Å². The van der Waals surface area contributed by atoms with Crippen molar-refractivity contribution in [1.29, 1.82) is 0 Å². The van der Waals surface area contributed by atoms with Gasteiger partial charge in [-0.05, 0) is 31.7 Å². The third-order valence-corrected chi connectivity index (χ3v) is 5.40. The van der Waals surface area contributed by atoms with Crippen molar-refractivity contribution in [2.45, 2.75) is 45.7 Å². The Morgan fingerprint density at radius 1 is 1.28 bits per heavy atom. The molecule has 2 aliphatic rings.